The number of nitrogens with zero attached hydrogens (tertiary/aromatic N) is 1. The van der Waals surface area contributed by atoms with Gasteiger partial charge in [0.25, 0.3) is 0 Å². The molecular formula is C13H18N2O3S2. The number of hydrogen-bond acceptors (Lipinski definition) is 4. The van der Waals surface area contributed by atoms with Crippen LogP contribution in [-0.4, -0.2) is 46.1 Å². The van der Waals surface area contributed by atoms with Crippen LogP contribution < -0.4 is 5.32 Å². The number of carboxylic acids is 1. The first-order valence-corrected chi connectivity index (χ1v) is 8.37. The Morgan fingerprint density at radius 2 is 2.25 bits per heavy atom. The maximum Gasteiger partial charge on any atom is 0.327 e. The summed E-state index contributed by atoms with van der Waals surface area (Å²) in [6, 6.07) is 1.04. The van der Waals surface area contributed by atoms with E-state index in [1.54, 1.807) is 23.1 Å². The van der Waals surface area contributed by atoms with Crippen LogP contribution in [-0.2, 0) is 11.3 Å². The molecule has 2 heterocycles. The molecule has 110 valence electrons. The molecule has 0 saturated carbocycles. The van der Waals surface area contributed by atoms with Gasteiger partial charge in [0.05, 0.1) is 6.54 Å². The highest BCUT2D eigenvalue weighted by Gasteiger charge is 2.32. The molecule has 0 aliphatic carbocycles. The summed E-state index contributed by atoms with van der Waals surface area (Å²) in [6.45, 7) is 5.03. The zero-order valence-electron chi connectivity index (χ0n) is 11.5. The van der Waals surface area contributed by atoms with E-state index in [0.29, 0.717) is 18.8 Å². The molecule has 1 atom stereocenters. The lowest BCUT2D eigenvalue weighted by molar-refractivity contribution is -0.141. The Morgan fingerprint density at radius 1 is 1.50 bits per heavy atom. The van der Waals surface area contributed by atoms with E-state index < -0.39 is 12.0 Å². The van der Waals surface area contributed by atoms with Gasteiger partial charge in [-0.2, -0.15) is 11.8 Å². The molecule has 2 N–H and O–H groups in total. The van der Waals surface area contributed by atoms with Crippen molar-refractivity contribution < 1.29 is 14.7 Å². The molecule has 7 heteroatoms. The molecule has 1 aliphatic heterocycles. The summed E-state index contributed by atoms with van der Waals surface area (Å²) in [5.74, 6) is 0.309. The molecule has 0 spiro atoms. The first-order chi connectivity index (χ1) is 9.49. The fourth-order valence-corrected chi connectivity index (χ4v) is 4.08. The second kappa shape index (κ2) is 6.49. The minimum absolute atomic E-state index is 0.290. The molecule has 2 amide bonds. The number of rotatable bonds is 3. The summed E-state index contributed by atoms with van der Waals surface area (Å²) in [6.07, 6.45) is 0. The molecule has 1 aliphatic rings. The van der Waals surface area contributed by atoms with E-state index in [4.69, 9.17) is 5.11 Å². The van der Waals surface area contributed by atoms with Gasteiger partial charge in [-0.3, -0.25) is 0 Å². The molecule has 1 fully saturated rings. The van der Waals surface area contributed by atoms with Crippen molar-refractivity contribution in [3.8, 4) is 0 Å². The van der Waals surface area contributed by atoms with Crippen molar-refractivity contribution in [1.82, 2.24) is 10.2 Å². The summed E-state index contributed by atoms with van der Waals surface area (Å²) >= 11 is 3.23. The highest BCUT2D eigenvalue weighted by molar-refractivity contribution is 7.99. The first kappa shape index (κ1) is 15.2. The lowest BCUT2D eigenvalue weighted by Gasteiger charge is -2.32. The number of carbonyl (C=O) groups excluding carboxylic acids is 1. The molecule has 20 heavy (non-hydrogen) atoms. The lowest BCUT2D eigenvalue weighted by atomic mass is 10.3. The number of carbonyl (C=O) groups is 2. The normalized spacial score (nSPS) is 18.9. The van der Waals surface area contributed by atoms with Gasteiger partial charge in [-0.05, 0) is 25.5 Å². The average molecular weight is 314 g/mol. The summed E-state index contributed by atoms with van der Waals surface area (Å²) < 4.78 is 0. The molecule has 0 bridgehead atoms. The highest BCUT2D eigenvalue weighted by Crippen LogP contribution is 2.21. The Labute approximate surface area is 126 Å². The van der Waals surface area contributed by atoms with Gasteiger partial charge in [0.1, 0.15) is 6.04 Å². The van der Waals surface area contributed by atoms with Crippen molar-refractivity contribution >= 4 is 35.1 Å². The molecule has 0 radical (unpaired) electrons. The summed E-state index contributed by atoms with van der Waals surface area (Å²) in [4.78, 5) is 27.0. The second-order valence-electron chi connectivity index (χ2n) is 4.73. The topological polar surface area (TPSA) is 69.6 Å². The molecule has 1 unspecified atom stereocenters. The van der Waals surface area contributed by atoms with Crippen LogP contribution >= 0.6 is 23.1 Å². The number of urea groups is 1. The fourth-order valence-electron chi connectivity index (χ4n) is 2.05. The number of amides is 2. The third-order valence-corrected chi connectivity index (χ3v) is 5.48. The molecule has 1 aromatic rings. The number of nitrogens with one attached hydrogen (secondary N) is 1. The van der Waals surface area contributed by atoms with E-state index in [2.05, 4.69) is 11.4 Å². The summed E-state index contributed by atoms with van der Waals surface area (Å²) in [5, 5.41) is 12.0. The first-order valence-electron chi connectivity index (χ1n) is 6.40. The van der Waals surface area contributed by atoms with Gasteiger partial charge in [0.2, 0.25) is 0 Å². The molecule has 5 nitrogen and oxygen atoms in total. The third-order valence-electron chi connectivity index (χ3n) is 3.31. The lowest BCUT2D eigenvalue weighted by Crippen LogP contribution is -2.53. The van der Waals surface area contributed by atoms with E-state index in [1.807, 2.05) is 13.8 Å². The van der Waals surface area contributed by atoms with Gasteiger partial charge < -0.3 is 15.3 Å². The van der Waals surface area contributed by atoms with Crippen LogP contribution in [0.3, 0.4) is 0 Å². The number of aryl methyl sites for hydroxylation is 2. The number of carboxylic acid groups (broad SMARTS) is 1. The van der Waals surface area contributed by atoms with Crippen molar-refractivity contribution in [1.29, 1.82) is 0 Å². The molecule has 1 saturated heterocycles. The van der Waals surface area contributed by atoms with E-state index in [-0.39, 0.29) is 6.03 Å². The van der Waals surface area contributed by atoms with Gasteiger partial charge in [-0.1, -0.05) is 0 Å². The largest absolute Gasteiger partial charge is 0.480 e. The summed E-state index contributed by atoms with van der Waals surface area (Å²) in [5.41, 5.74) is 1.22. The van der Waals surface area contributed by atoms with E-state index >= 15 is 0 Å². The van der Waals surface area contributed by atoms with Crippen LogP contribution in [0.25, 0.3) is 0 Å². The van der Waals surface area contributed by atoms with Crippen LogP contribution in [0, 0.1) is 13.8 Å². The molecular weight excluding hydrogens is 296 g/mol. The quantitative estimate of drug-likeness (QED) is 0.896. The zero-order valence-corrected chi connectivity index (χ0v) is 13.1. The molecule has 1 aromatic heterocycles. The minimum Gasteiger partial charge on any atom is -0.480 e. The van der Waals surface area contributed by atoms with Crippen LogP contribution in [0.2, 0.25) is 0 Å². The Hall–Kier alpha value is -1.21. The van der Waals surface area contributed by atoms with Crippen LogP contribution in [0.15, 0.2) is 6.07 Å². The Morgan fingerprint density at radius 3 is 2.85 bits per heavy atom. The van der Waals surface area contributed by atoms with E-state index in [1.165, 1.54) is 15.3 Å². The monoisotopic (exact) mass is 314 g/mol. The van der Waals surface area contributed by atoms with Crippen molar-refractivity contribution in [3.05, 3.63) is 21.4 Å². The standard InChI is InChI=1S/C13H18N2O3S2/c1-8-5-10(20-9(8)2)6-14-13(18)15-3-4-19-7-11(15)12(16)17/h5,11H,3-4,6-7H2,1-2H3,(H,14,18)(H,16,17). The smallest absolute Gasteiger partial charge is 0.327 e. The predicted octanol–water partition coefficient (Wildman–Crippen LogP) is 2.08. The zero-order chi connectivity index (χ0) is 14.7. The van der Waals surface area contributed by atoms with Crippen LogP contribution in [0.1, 0.15) is 15.3 Å². The maximum atomic E-state index is 12.1. The van der Waals surface area contributed by atoms with Crippen LogP contribution in [0.5, 0.6) is 0 Å². The highest BCUT2D eigenvalue weighted by atomic mass is 32.2. The van der Waals surface area contributed by atoms with Crippen LogP contribution in [0.4, 0.5) is 4.79 Å². The SMILES string of the molecule is Cc1cc(CNC(=O)N2CCSCC2C(=O)O)sc1C. The van der Waals surface area contributed by atoms with E-state index in [9.17, 15) is 9.59 Å². The van der Waals surface area contributed by atoms with Crippen molar-refractivity contribution in [2.45, 2.75) is 26.4 Å². The van der Waals surface area contributed by atoms with Gasteiger partial charge in [0, 0.05) is 27.8 Å². The van der Waals surface area contributed by atoms with Gasteiger partial charge in [-0.25, -0.2) is 9.59 Å². The minimum atomic E-state index is -0.935. The second-order valence-corrected chi connectivity index (χ2v) is 7.22. The van der Waals surface area contributed by atoms with Gasteiger partial charge in [0.15, 0.2) is 0 Å². The van der Waals surface area contributed by atoms with Gasteiger partial charge in [-0.15, -0.1) is 11.3 Å². The molecule has 0 aromatic carbocycles. The average Bonchev–Trinajstić information content (AvgIpc) is 2.75. The number of thiophene rings is 1. The number of aliphatic carboxylic acids is 1. The third kappa shape index (κ3) is 3.46. The Balaban J connectivity index is 1.94. The maximum absolute atomic E-state index is 12.1. The van der Waals surface area contributed by atoms with Crippen molar-refractivity contribution in [2.24, 2.45) is 0 Å². The Kier molecular flexibility index (Phi) is 4.93. The Bertz CT molecular complexity index is 496. The summed E-state index contributed by atoms with van der Waals surface area (Å²) in [7, 11) is 0. The van der Waals surface area contributed by atoms with Crippen molar-refractivity contribution in [2.75, 3.05) is 18.1 Å². The van der Waals surface area contributed by atoms with E-state index in [0.717, 1.165) is 10.6 Å². The fraction of sp³-hybridized carbons (Fsp3) is 0.538. The predicted molar refractivity (Wildman–Crippen MR) is 81.5 cm³/mol. The number of thioether (sulfide) groups is 1. The van der Waals surface area contributed by atoms with Crippen molar-refractivity contribution in [3.63, 3.8) is 0 Å². The number of hydrogen-bond donors (Lipinski definition) is 2. The van der Waals surface area contributed by atoms with Gasteiger partial charge >= 0.3 is 12.0 Å². The molecule has 2 rings (SSSR count).